The van der Waals surface area contributed by atoms with Gasteiger partial charge < -0.3 is 4.90 Å². The second kappa shape index (κ2) is 8.29. The maximum atomic E-state index is 12.3. The Hall–Kier alpha value is -1.87. The van der Waals surface area contributed by atoms with E-state index >= 15 is 0 Å². The lowest BCUT2D eigenvalue weighted by molar-refractivity contribution is -0.136. The van der Waals surface area contributed by atoms with Crippen LogP contribution in [0.4, 0.5) is 13.2 Å². The van der Waals surface area contributed by atoms with Gasteiger partial charge in [-0.3, -0.25) is 4.79 Å². The molecular formula is C15H19F3N2O3S. The Labute approximate surface area is 139 Å². The molecule has 0 radical (unpaired) electrons. The van der Waals surface area contributed by atoms with E-state index in [0.29, 0.717) is 0 Å². The van der Waals surface area contributed by atoms with Gasteiger partial charge in [0.05, 0.1) is 11.3 Å². The van der Waals surface area contributed by atoms with Crippen LogP contribution in [0, 0.1) is 0 Å². The number of benzene rings is 1. The summed E-state index contributed by atoms with van der Waals surface area (Å²) in [5, 5.41) is 0. The highest BCUT2D eigenvalue weighted by molar-refractivity contribution is 7.89. The highest BCUT2D eigenvalue weighted by Gasteiger charge is 2.29. The monoisotopic (exact) mass is 364 g/mol. The SMILES string of the molecule is C=CCNS(=O)(=O)c1cccc(C(=O)N(CC)CCC(F)(F)F)c1. The van der Waals surface area contributed by atoms with Crippen LogP contribution in [0.5, 0.6) is 0 Å². The normalized spacial score (nSPS) is 12.0. The summed E-state index contributed by atoms with van der Waals surface area (Å²) in [5.74, 6) is -0.650. The maximum Gasteiger partial charge on any atom is 0.390 e. The third kappa shape index (κ3) is 5.97. The third-order valence-corrected chi connectivity index (χ3v) is 4.56. The molecule has 0 saturated heterocycles. The zero-order valence-corrected chi connectivity index (χ0v) is 14.0. The van der Waals surface area contributed by atoms with Crippen molar-refractivity contribution in [3.05, 3.63) is 42.5 Å². The van der Waals surface area contributed by atoms with Crippen LogP contribution in [-0.2, 0) is 10.0 Å². The summed E-state index contributed by atoms with van der Waals surface area (Å²) < 4.78 is 63.3. The number of carbonyl (C=O) groups excluding carboxylic acids is 1. The largest absolute Gasteiger partial charge is 0.390 e. The minimum absolute atomic E-state index is 0.0144. The molecule has 24 heavy (non-hydrogen) atoms. The van der Waals surface area contributed by atoms with Gasteiger partial charge in [-0.05, 0) is 25.1 Å². The lowest BCUT2D eigenvalue weighted by atomic mass is 10.2. The van der Waals surface area contributed by atoms with Gasteiger partial charge in [-0.1, -0.05) is 12.1 Å². The van der Waals surface area contributed by atoms with E-state index in [2.05, 4.69) is 11.3 Å². The number of sulfonamides is 1. The van der Waals surface area contributed by atoms with Crippen molar-refractivity contribution < 1.29 is 26.4 Å². The molecule has 0 unspecified atom stereocenters. The lowest BCUT2D eigenvalue weighted by Crippen LogP contribution is -2.34. The number of rotatable bonds is 8. The van der Waals surface area contributed by atoms with Crippen molar-refractivity contribution in [2.45, 2.75) is 24.4 Å². The van der Waals surface area contributed by atoms with E-state index in [1.807, 2.05) is 0 Å². The molecule has 1 aromatic rings. The molecule has 1 aromatic carbocycles. The molecule has 5 nitrogen and oxygen atoms in total. The zero-order chi connectivity index (χ0) is 18.4. The predicted octanol–water partition coefficient (Wildman–Crippen LogP) is 2.57. The van der Waals surface area contributed by atoms with E-state index in [1.54, 1.807) is 6.92 Å². The van der Waals surface area contributed by atoms with Crippen molar-refractivity contribution in [3.63, 3.8) is 0 Å². The molecular weight excluding hydrogens is 345 g/mol. The number of amides is 1. The zero-order valence-electron chi connectivity index (χ0n) is 13.1. The summed E-state index contributed by atoms with van der Waals surface area (Å²) in [6, 6.07) is 5.18. The summed E-state index contributed by atoms with van der Waals surface area (Å²) in [7, 11) is -3.82. The first-order chi connectivity index (χ1) is 11.1. The van der Waals surface area contributed by atoms with E-state index < -0.39 is 35.1 Å². The van der Waals surface area contributed by atoms with Gasteiger partial charge in [0, 0.05) is 25.2 Å². The topological polar surface area (TPSA) is 66.5 Å². The van der Waals surface area contributed by atoms with Gasteiger partial charge in [0.1, 0.15) is 0 Å². The van der Waals surface area contributed by atoms with Crippen molar-refractivity contribution >= 4 is 15.9 Å². The summed E-state index contributed by atoms with van der Waals surface area (Å²) >= 11 is 0. The second-order valence-electron chi connectivity index (χ2n) is 4.92. The molecule has 0 heterocycles. The first-order valence-electron chi connectivity index (χ1n) is 7.17. The molecule has 0 aliphatic carbocycles. The quantitative estimate of drug-likeness (QED) is 0.721. The molecule has 0 aromatic heterocycles. The van der Waals surface area contributed by atoms with E-state index in [-0.39, 0.29) is 23.5 Å². The van der Waals surface area contributed by atoms with Gasteiger partial charge in [0.15, 0.2) is 0 Å². The molecule has 0 fully saturated rings. The van der Waals surface area contributed by atoms with Crippen molar-refractivity contribution in [2.24, 2.45) is 0 Å². The summed E-state index contributed by atoms with van der Waals surface area (Å²) in [5.41, 5.74) is 0.0144. The van der Waals surface area contributed by atoms with E-state index in [0.717, 1.165) is 11.0 Å². The Balaban J connectivity index is 2.99. The van der Waals surface area contributed by atoms with Crippen molar-refractivity contribution in [1.29, 1.82) is 0 Å². The first-order valence-corrected chi connectivity index (χ1v) is 8.65. The van der Waals surface area contributed by atoms with Gasteiger partial charge in [-0.2, -0.15) is 13.2 Å². The molecule has 134 valence electrons. The molecule has 1 amide bonds. The fraction of sp³-hybridized carbons (Fsp3) is 0.400. The van der Waals surface area contributed by atoms with Gasteiger partial charge in [-0.25, -0.2) is 13.1 Å². The van der Waals surface area contributed by atoms with Crippen molar-refractivity contribution in [2.75, 3.05) is 19.6 Å². The molecule has 9 heteroatoms. The molecule has 0 saturated carbocycles. The van der Waals surface area contributed by atoms with Crippen LogP contribution in [0.25, 0.3) is 0 Å². The molecule has 1 N–H and O–H groups in total. The summed E-state index contributed by atoms with van der Waals surface area (Å²) in [4.78, 5) is 13.2. The molecule has 0 bridgehead atoms. The highest BCUT2D eigenvalue weighted by atomic mass is 32.2. The third-order valence-electron chi connectivity index (χ3n) is 3.14. The van der Waals surface area contributed by atoms with Gasteiger partial charge in [0.25, 0.3) is 5.91 Å². The predicted molar refractivity (Wildman–Crippen MR) is 84.1 cm³/mol. The smallest absolute Gasteiger partial charge is 0.339 e. The Morgan fingerprint density at radius 3 is 2.58 bits per heavy atom. The van der Waals surface area contributed by atoms with Crippen molar-refractivity contribution in [1.82, 2.24) is 9.62 Å². The highest BCUT2D eigenvalue weighted by Crippen LogP contribution is 2.21. The number of hydrogen-bond donors (Lipinski definition) is 1. The standard InChI is InChI=1S/C15H19F3N2O3S/c1-3-9-19-24(22,23)13-7-5-6-12(11-13)14(21)20(4-2)10-8-15(16,17)18/h3,5-7,11,19H,1,4,8-10H2,2H3. The number of halogens is 3. The lowest BCUT2D eigenvalue weighted by Gasteiger charge is -2.22. The van der Waals surface area contributed by atoms with E-state index in [9.17, 15) is 26.4 Å². The second-order valence-corrected chi connectivity index (χ2v) is 6.69. The van der Waals surface area contributed by atoms with Gasteiger partial charge in [0.2, 0.25) is 10.0 Å². The Bertz CT molecular complexity index is 687. The molecule has 0 atom stereocenters. The van der Waals surface area contributed by atoms with Crippen LogP contribution >= 0.6 is 0 Å². The average Bonchev–Trinajstić information content (AvgIpc) is 2.52. The van der Waals surface area contributed by atoms with Gasteiger partial charge in [-0.15, -0.1) is 6.58 Å². The van der Waals surface area contributed by atoms with Crippen LogP contribution in [0.1, 0.15) is 23.7 Å². The average molecular weight is 364 g/mol. The van der Waals surface area contributed by atoms with Crippen LogP contribution in [0.2, 0.25) is 0 Å². The fourth-order valence-electron chi connectivity index (χ4n) is 1.90. The van der Waals surface area contributed by atoms with Gasteiger partial charge >= 0.3 is 6.18 Å². The summed E-state index contributed by atoms with van der Waals surface area (Å²) in [6.45, 7) is 4.58. The van der Waals surface area contributed by atoms with Crippen LogP contribution in [0.3, 0.4) is 0 Å². The van der Waals surface area contributed by atoms with E-state index in [4.69, 9.17) is 0 Å². The fourth-order valence-corrected chi connectivity index (χ4v) is 2.94. The molecule has 0 aliphatic heterocycles. The molecule has 0 aliphatic rings. The number of hydrogen-bond acceptors (Lipinski definition) is 3. The first kappa shape index (κ1) is 20.2. The van der Waals surface area contributed by atoms with Crippen LogP contribution in [0.15, 0.2) is 41.8 Å². The Kier molecular flexibility index (Phi) is 6.97. The maximum absolute atomic E-state index is 12.3. The molecule has 0 spiro atoms. The summed E-state index contributed by atoms with van der Waals surface area (Å²) in [6.07, 6.45) is -4.12. The van der Waals surface area contributed by atoms with Crippen LogP contribution in [-0.4, -0.2) is 45.0 Å². The Morgan fingerprint density at radius 2 is 2.04 bits per heavy atom. The number of nitrogens with one attached hydrogen (secondary N) is 1. The molecule has 1 rings (SSSR count). The van der Waals surface area contributed by atoms with Crippen LogP contribution < -0.4 is 4.72 Å². The number of nitrogens with zero attached hydrogens (tertiary/aromatic N) is 1. The minimum atomic E-state index is -4.37. The minimum Gasteiger partial charge on any atom is -0.339 e. The van der Waals surface area contributed by atoms with Crippen molar-refractivity contribution in [3.8, 4) is 0 Å². The number of carbonyl (C=O) groups is 1. The Morgan fingerprint density at radius 1 is 1.38 bits per heavy atom. The number of alkyl halides is 3. The van der Waals surface area contributed by atoms with E-state index in [1.165, 1.54) is 24.3 Å².